The van der Waals surface area contributed by atoms with Crippen LogP contribution in [0.4, 0.5) is 26.3 Å². The van der Waals surface area contributed by atoms with Crippen molar-refractivity contribution in [2.45, 2.75) is 57.5 Å². The lowest BCUT2D eigenvalue weighted by molar-refractivity contribution is -0.143. The molecule has 1 aliphatic rings. The Morgan fingerprint density at radius 2 is 1.39 bits per heavy atom. The van der Waals surface area contributed by atoms with Crippen LogP contribution in [0.1, 0.15) is 67.4 Å². The fourth-order valence-electron chi connectivity index (χ4n) is 2.82. The van der Waals surface area contributed by atoms with E-state index in [2.05, 4.69) is 30.3 Å². The number of alkyl halides is 6. The molecular weight excluding hydrogens is 422 g/mol. The topological polar surface area (TPSA) is 29.5 Å². The van der Waals surface area contributed by atoms with Crippen LogP contribution in [0.3, 0.4) is 0 Å². The normalized spacial score (nSPS) is 15.0. The standard InChI is InChI=1S/C11H10F6O.C10H12.C2H6O/c1-6(18-2)7-3-8(10(12,13)14)5-9(4-7)11(15,16)17;1-2-5-9(6-3-1)10-7-4-8-10;1-2-3/h3-6H,1-2H3;1-3,5-6,10H,4,7-8H2;3H,2H2,1H3. The van der Waals surface area contributed by atoms with E-state index in [9.17, 15) is 26.3 Å². The molecule has 1 atom stereocenters. The van der Waals surface area contributed by atoms with Crippen molar-refractivity contribution in [3.8, 4) is 0 Å². The van der Waals surface area contributed by atoms with Gasteiger partial charge in [-0.25, -0.2) is 0 Å². The molecule has 0 aromatic heterocycles. The molecule has 1 aliphatic carbocycles. The molecule has 0 amide bonds. The summed E-state index contributed by atoms with van der Waals surface area (Å²) in [6, 6.07) is 12.2. The molecule has 0 bridgehead atoms. The Bertz CT molecular complexity index is 736. The third kappa shape index (κ3) is 8.91. The minimum absolute atomic E-state index is 0.0892. The van der Waals surface area contributed by atoms with Gasteiger partial charge in [-0.3, -0.25) is 0 Å². The van der Waals surface area contributed by atoms with Gasteiger partial charge in [0.15, 0.2) is 0 Å². The van der Waals surface area contributed by atoms with Crippen LogP contribution in [0.5, 0.6) is 0 Å². The van der Waals surface area contributed by atoms with Gasteiger partial charge in [0.2, 0.25) is 0 Å². The van der Waals surface area contributed by atoms with Crippen LogP contribution in [-0.2, 0) is 17.1 Å². The zero-order chi connectivity index (χ0) is 23.7. The van der Waals surface area contributed by atoms with Gasteiger partial charge in [0, 0.05) is 13.7 Å². The van der Waals surface area contributed by atoms with E-state index in [1.54, 1.807) is 6.92 Å². The van der Waals surface area contributed by atoms with Gasteiger partial charge in [-0.15, -0.1) is 0 Å². The highest BCUT2D eigenvalue weighted by molar-refractivity contribution is 5.34. The van der Waals surface area contributed by atoms with E-state index in [4.69, 9.17) is 9.84 Å². The highest BCUT2D eigenvalue weighted by Crippen LogP contribution is 2.38. The van der Waals surface area contributed by atoms with Gasteiger partial charge in [0.25, 0.3) is 0 Å². The zero-order valence-corrected chi connectivity index (χ0v) is 17.7. The zero-order valence-electron chi connectivity index (χ0n) is 17.7. The molecule has 3 rings (SSSR count). The van der Waals surface area contributed by atoms with Gasteiger partial charge in [0.05, 0.1) is 17.2 Å². The molecule has 1 saturated carbocycles. The van der Waals surface area contributed by atoms with Gasteiger partial charge >= 0.3 is 12.4 Å². The van der Waals surface area contributed by atoms with Crippen LogP contribution in [0.25, 0.3) is 0 Å². The van der Waals surface area contributed by atoms with Gasteiger partial charge < -0.3 is 9.84 Å². The summed E-state index contributed by atoms with van der Waals surface area (Å²) in [7, 11) is 1.21. The monoisotopic (exact) mass is 450 g/mol. The molecule has 2 aromatic rings. The maximum absolute atomic E-state index is 12.5. The maximum Gasteiger partial charge on any atom is 0.416 e. The third-order valence-electron chi connectivity index (χ3n) is 4.81. The lowest BCUT2D eigenvalue weighted by Crippen LogP contribution is -2.12. The minimum atomic E-state index is -4.83. The predicted molar refractivity (Wildman–Crippen MR) is 108 cm³/mol. The van der Waals surface area contributed by atoms with E-state index >= 15 is 0 Å². The number of halogens is 6. The molecular formula is C23H28F6O2. The quantitative estimate of drug-likeness (QED) is 0.494. The molecule has 8 heteroatoms. The highest BCUT2D eigenvalue weighted by Gasteiger charge is 2.37. The average molecular weight is 450 g/mol. The summed E-state index contributed by atoms with van der Waals surface area (Å²) < 4.78 is 79.7. The number of rotatable bonds is 3. The minimum Gasteiger partial charge on any atom is -0.397 e. The largest absolute Gasteiger partial charge is 0.416 e. The van der Waals surface area contributed by atoms with Crippen molar-refractivity contribution < 1.29 is 36.2 Å². The van der Waals surface area contributed by atoms with Crippen molar-refractivity contribution >= 4 is 0 Å². The van der Waals surface area contributed by atoms with Gasteiger partial charge in [-0.1, -0.05) is 36.8 Å². The van der Waals surface area contributed by atoms with Crippen molar-refractivity contribution in [2.75, 3.05) is 13.7 Å². The van der Waals surface area contributed by atoms with Crippen LogP contribution in [0.2, 0.25) is 0 Å². The molecule has 1 unspecified atom stereocenters. The molecule has 2 aromatic carbocycles. The second kappa shape index (κ2) is 12.1. The molecule has 0 spiro atoms. The van der Waals surface area contributed by atoms with Crippen molar-refractivity contribution in [1.82, 2.24) is 0 Å². The Kier molecular flexibility index (Phi) is 10.5. The van der Waals surface area contributed by atoms with Crippen molar-refractivity contribution in [2.24, 2.45) is 0 Å². The van der Waals surface area contributed by atoms with Crippen molar-refractivity contribution in [3.63, 3.8) is 0 Å². The predicted octanol–water partition coefficient (Wildman–Crippen LogP) is 7.38. The number of aliphatic hydroxyl groups excluding tert-OH is 1. The number of ether oxygens (including phenoxy) is 1. The first kappa shape index (κ1) is 27.0. The molecule has 2 nitrogen and oxygen atoms in total. The SMILES string of the molecule is CCO.COC(C)c1cc(C(F)(F)F)cc(C(F)(F)F)c1.c1ccc(C2CCC2)cc1. The Hall–Kier alpha value is -2.06. The molecule has 0 heterocycles. The Morgan fingerprint density at radius 3 is 1.71 bits per heavy atom. The molecule has 174 valence electrons. The summed E-state index contributed by atoms with van der Waals surface area (Å²) in [4.78, 5) is 0. The maximum atomic E-state index is 12.5. The molecule has 0 aliphatic heterocycles. The first-order valence-electron chi connectivity index (χ1n) is 9.92. The summed E-state index contributed by atoms with van der Waals surface area (Å²) in [5.41, 5.74) is -1.30. The van der Waals surface area contributed by atoms with Gasteiger partial charge in [-0.05, 0) is 61.9 Å². The van der Waals surface area contributed by atoms with Crippen LogP contribution >= 0.6 is 0 Å². The fraction of sp³-hybridized carbons (Fsp3) is 0.478. The van der Waals surface area contributed by atoms with Crippen molar-refractivity contribution in [1.29, 1.82) is 0 Å². The lowest BCUT2D eigenvalue weighted by Gasteiger charge is -2.25. The van der Waals surface area contributed by atoms with E-state index < -0.39 is 29.6 Å². The van der Waals surface area contributed by atoms with Crippen LogP contribution < -0.4 is 0 Å². The number of benzene rings is 2. The molecule has 0 radical (unpaired) electrons. The first-order chi connectivity index (χ1) is 14.4. The smallest absolute Gasteiger partial charge is 0.397 e. The van der Waals surface area contributed by atoms with E-state index in [1.807, 2.05) is 0 Å². The summed E-state index contributed by atoms with van der Waals surface area (Å²) >= 11 is 0. The third-order valence-corrected chi connectivity index (χ3v) is 4.81. The highest BCUT2D eigenvalue weighted by atomic mass is 19.4. The second-order valence-corrected chi connectivity index (χ2v) is 7.07. The summed E-state index contributed by atoms with van der Waals surface area (Å²) in [5.74, 6) is 0.890. The molecule has 0 saturated heterocycles. The number of hydrogen-bond donors (Lipinski definition) is 1. The van der Waals surface area contributed by atoms with Crippen LogP contribution in [0.15, 0.2) is 48.5 Å². The number of methoxy groups -OCH3 is 1. The Morgan fingerprint density at radius 1 is 0.935 bits per heavy atom. The molecule has 1 N–H and O–H groups in total. The summed E-state index contributed by atoms with van der Waals surface area (Å²) in [5, 5.41) is 7.57. The van der Waals surface area contributed by atoms with E-state index in [-0.39, 0.29) is 18.2 Å². The Balaban J connectivity index is 0.000000307. The second-order valence-electron chi connectivity index (χ2n) is 7.07. The van der Waals surface area contributed by atoms with Gasteiger partial charge in [-0.2, -0.15) is 26.3 Å². The fourth-order valence-corrected chi connectivity index (χ4v) is 2.82. The van der Waals surface area contributed by atoms with Gasteiger partial charge in [0.1, 0.15) is 0 Å². The summed E-state index contributed by atoms with van der Waals surface area (Å²) in [6.07, 6.45) is -6.27. The first-order valence-corrected chi connectivity index (χ1v) is 9.92. The average Bonchev–Trinajstić information content (AvgIpc) is 2.66. The molecule has 1 fully saturated rings. The number of hydrogen-bond acceptors (Lipinski definition) is 2. The molecule has 31 heavy (non-hydrogen) atoms. The number of aliphatic hydroxyl groups is 1. The van der Waals surface area contributed by atoms with E-state index in [1.165, 1.54) is 38.9 Å². The lowest BCUT2D eigenvalue weighted by atomic mass is 9.80. The van der Waals surface area contributed by atoms with Crippen molar-refractivity contribution in [3.05, 3.63) is 70.8 Å². The van der Waals surface area contributed by atoms with Crippen LogP contribution in [-0.4, -0.2) is 18.8 Å². The van der Waals surface area contributed by atoms with E-state index in [0.29, 0.717) is 12.1 Å². The van der Waals surface area contributed by atoms with E-state index in [0.717, 1.165) is 5.92 Å². The summed E-state index contributed by atoms with van der Waals surface area (Å²) in [6.45, 7) is 3.30. The van der Waals surface area contributed by atoms with Crippen LogP contribution in [0, 0.1) is 0 Å². The Labute approximate surface area is 178 Å².